The van der Waals surface area contributed by atoms with Crippen LogP contribution in [0.3, 0.4) is 0 Å². The summed E-state index contributed by atoms with van der Waals surface area (Å²) in [7, 11) is 6.73. The van der Waals surface area contributed by atoms with E-state index in [-0.39, 0.29) is 88.2 Å². The standard InChI is InChI=1S/C25H26ClN5O2.C24H25ClN6O2.C22H18ClN5O2.C21H18ClFN4O2/c1-30-22(21(16-28-30)25(33)29-20-11-9-19(26)10-12-20)15-23(32)17-5-7-18(8-6-17)24(27)31-13-3-2-4-14-31;1-30-21(20(15-28-30)24(33)29-19-8-6-18(25)7-9-19)14-22(32)16-2-4-17(5-3-16)23(26)31-12-10-27-11-13-31;1-13(24)14-4-6-15(7-5-14)21(29)11-20-17(12-26-28(20)3)22(30)27-18-9-8-16(23)10-19(18)25-2;1-12(24)13-3-5-14(6-4-13)20(28)10-19-16(11-25-27(19)2)21(29)26-18-8-7-15(23)9-17(18)22/h5-12,16,27H,2-4,13-15H2,1H3,(H,29,33);2-9,15,26-27H,10-14H2,1H3,(H,29,33);4-10,12,24H,11H2,1,3H3,(H,27,30);3-9,11,24H,10H2,1-2H3,(H,26,29). The normalized spacial score (nSPS) is 12.1. The van der Waals surface area contributed by atoms with Crippen LogP contribution in [-0.2, 0) is 53.9 Å². The summed E-state index contributed by atoms with van der Waals surface area (Å²) >= 11 is 23.7. The van der Waals surface area contributed by atoms with Gasteiger partial charge in [0, 0.05) is 144 Å². The molecule has 2 fully saturated rings. The van der Waals surface area contributed by atoms with Gasteiger partial charge in [-0.05, 0) is 129 Å². The molecule has 0 aliphatic carbocycles. The predicted octanol–water partition coefficient (Wildman–Crippen LogP) is 16.5. The maximum atomic E-state index is 13.2. The molecule has 2 aliphatic heterocycles. The van der Waals surface area contributed by atoms with E-state index in [0.717, 1.165) is 80.4 Å². The zero-order valence-electron chi connectivity index (χ0n) is 68.9. The number of nitrogens with zero attached hydrogens (tertiary/aromatic N) is 11. The average molecular weight is 1760 g/mol. The van der Waals surface area contributed by atoms with E-state index in [0.29, 0.717) is 111 Å². The number of carbonyl (C=O) groups is 8. The van der Waals surface area contributed by atoms with Crippen LogP contribution in [0.15, 0.2) is 207 Å². The van der Waals surface area contributed by atoms with Crippen LogP contribution in [0.1, 0.15) is 161 Å². The molecule has 8 aromatic carbocycles. The van der Waals surface area contributed by atoms with Crippen molar-refractivity contribution in [2.24, 2.45) is 28.2 Å². The van der Waals surface area contributed by atoms with Crippen LogP contribution in [0, 0.1) is 34.0 Å². The van der Waals surface area contributed by atoms with Gasteiger partial charge in [0.1, 0.15) is 17.5 Å². The Morgan fingerprint density at radius 3 is 1.03 bits per heavy atom. The van der Waals surface area contributed by atoms with E-state index in [1.54, 1.807) is 197 Å². The summed E-state index contributed by atoms with van der Waals surface area (Å²) in [6, 6.07) is 49.6. The van der Waals surface area contributed by atoms with Gasteiger partial charge < -0.3 is 47.2 Å². The molecule has 0 bridgehead atoms. The van der Waals surface area contributed by atoms with Gasteiger partial charge in [-0.15, -0.1) is 0 Å². The third kappa shape index (κ3) is 24.2. The van der Waals surface area contributed by atoms with Crippen LogP contribution in [0.4, 0.5) is 32.8 Å². The lowest BCUT2D eigenvalue weighted by atomic mass is 10.0. The Hall–Kier alpha value is -14.0. The Labute approximate surface area is 739 Å². The minimum absolute atomic E-state index is 0.0154. The molecule has 4 aromatic heterocycles. The first-order chi connectivity index (χ1) is 59.9. The fourth-order valence-electron chi connectivity index (χ4n) is 13.4. The van der Waals surface area contributed by atoms with Crippen LogP contribution >= 0.6 is 46.4 Å². The number of amidine groups is 2. The van der Waals surface area contributed by atoms with Crippen molar-refractivity contribution in [1.29, 1.82) is 21.6 Å². The lowest BCUT2D eigenvalue weighted by molar-refractivity contribution is 0.0978. The second kappa shape index (κ2) is 42.7. The molecule has 0 unspecified atom stereocenters. The number of piperidine rings is 1. The van der Waals surface area contributed by atoms with Gasteiger partial charge in [0.25, 0.3) is 23.6 Å². The van der Waals surface area contributed by atoms with Crippen molar-refractivity contribution >= 4 is 145 Å². The van der Waals surface area contributed by atoms with Crippen molar-refractivity contribution in [3.05, 3.63) is 334 Å². The van der Waals surface area contributed by atoms with Crippen molar-refractivity contribution in [3.8, 4) is 0 Å². The number of aryl methyl sites for hydroxylation is 4. The first kappa shape index (κ1) is 91.7. The summed E-state index contributed by atoms with van der Waals surface area (Å²) in [5, 5.41) is 64.5. The number of ketones is 4. The van der Waals surface area contributed by atoms with Crippen molar-refractivity contribution in [1.82, 2.24) is 54.2 Å². The van der Waals surface area contributed by atoms with E-state index in [1.165, 1.54) is 58.8 Å². The van der Waals surface area contributed by atoms with Crippen molar-refractivity contribution in [2.45, 2.75) is 58.8 Å². The quantitative estimate of drug-likeness (QED) is 0.0117. The van der Waals surface area contributed by atoms with Gasteiger partial charge in [-0.1, -0.05) is 143 Å². The second-order valence-electron chi connectivity index (χ2n) is 29.2. The first-order valence-electron chi connectivity index (χ1n) is 39.3. The first-order valence-corrected chi connectivity index (χ1v) is 40.9. The lowest BCUT2D eigenvalue weighted by Crippen LogP contribution is -2.46. The van der Waals surface area contributed by atoms with E-state index >= 15 is 0 Å². The van der Waals surface area contributed by atoms with Crippen molar-refractivity contribution in [2.75, 3.05) is 60.5 Å². The Morgan fingerprint density at radius 2 is 0.696 bits per heavy atom. The van der Waals surface area contributed by atoms with Crippen molar-refractivity contribution < 1.29 is 42.7 Å². The van der Waals surface area contributed by atoms with Gasteiger partial charge in [-0.25, -0.2) is 9.24 Å². The fourth-order valence-corrected chi connectivity index (χ4v) is 14.0. The van der Waals surface area contributed by atoms with E-state index in [2.05, 4.69) is 56.7 Å². The monoisotopic (exact) mass is 1760 g/mol. The highest BCUT2D eigenvalue weighted by molar-refractivity contribution is 6.34. The van der Waals surface area contributed by atoms with Crippen LogP contribution in [0.25, 0.3) is 4.85 Å². The van der Waals surface area contributed by atoms with Gasteiger partial charge in [0.05, 0.1) is 113 Å². The number of rotatable bonds is 24. The molecule has 6 heterocycles. The average Bonchev–Trinajstić information content (AvgIpc) is 1.71. The minimum atomic E-state index is -0.509. The number of hydrogen-bond donors (Lipinski definition) is 9. The third-order valence-corrected chi connectivity index (χ3v) is 21.6. The summed E-state index contributed by atoms with van der Waals surface area (Å²) in [4.78, 5) is 110. The molecular weight excluding hydrogens is 1670 g/mol. The number of amides is 4. The molecule has 4 amide bonds. The lowest BCUT2D eigenvalue weighted by Gasteiger charge is -2.29. The molecule has 0 spiro atoms. The molecule has 2 aliphatic rings. The highest BCUT2D eigenvalue weighted by Crippen LogP contribution is 2.31. The van der Waals surface area contributed by atoms with Crippen molar-refractivity contribution in [3.63, 3.8) is 0 Å². The molecular formula is C92H87Cl4FN20O8. The van der Waals surface area contributed by atoms with E-state index in [9.17, 15) is 42.7 Å². The second-order valence-corrected chi connectivity index (χ2v) is 30.9. The number of anilines is 4. The van der Waals surface area contributed by atoms with Gasteiger partial charge in [-0.2, -0.15) is 20.4 Å². The zero-order valence-corrected chi connectivity index (χ0v) is 71.9. The van der Waals surface area contributed by atoms with Crippen LogP contribution in [0.2, 0.25) is 20.1 Å². The molecule has 33 heteroatoms. The maximum absolute atomic E-state index is 13.2. The SMILES string of the molecule is CC(=N)c1ccc(C(=O)Cc2c(C(=O)Nc3ccc(F)cc3Cl)cnn2C)cc1.Cn1ncc(C(=O)Nc2ccc(Cl)cc2)c1CC(=O)c1ccc(C(=N)N2CCCCC2)cc1.Cn1ncc(C(=O)Nc2ccc(Cl)cc2)c1CC(=O)c1ccc(C(=N)N2CCNCC2)cc1.[C-]#[N+]c1cc(Cl)ccc1NC(=O)c1cnn(C)c1CC(=O)c1ccc(C(C)=N)cc1. The smallest absolute Gasteiger partial charge is 0.259 e. The van der Waals surface area contributed by atoms with E-state index in [4.69, 9.17) is 74.6 Å². The number of hydrogen-bond acceptors (Lipinski definition) is 17. The predicted molar refractivity (Wildman–Crippen MR) is 483 cm³/mol. The number of Topliss-reactive ketones (excluding diaryl/α,β-unsaturated/α-hetero) is 4. The van der Waals surface area contributed by atoms with Gasteiger partial charge >= 0.3 is 0 Å². The minimum Gasteiger partial charge on any atom is -0.357 e. The van der Waals surface area contributed by atoms with Gasteiger partial charge in [0.15, 0.2) is 23.1 Å². The molecule has 9 N–H and O–H groups in total. The van der Waals surface area contributed by atoms with Crippen LogP contribution in [-0.4, -0.2) is 158 Å². The topological polar surface area (TPSA) is 374 Å². The molecule has 0 radical (unpaired) electrons. The molecule has 0 atom stereocenters. The number of aromatic nitrogens is 8. The van der Waals surface area contributed by atoms with E-state index in [1.807, 2.05) is 17.0 Å². The maximum Gasteiger partial charge on any atom is 0.259 e. The largest absolute Gasteiger partial charge is 0.357 e. The number of carbonyl (C=O) groups excluding carboxylic acids is 8. The van der Waals surface area contributed by atoms with Gasteiger partial charge in [0.2, 0.25) is 5.69 Å². The highest BCUT2D eigenvalue weighted by atomic mass is 35.5. The Kier molecular flexibility index (Phi) is 31.3. The number of likely N-dealkylation sites (tertiary alicyclic amines) is 1. The summed E-state index contributed by atoms with van der Waals surface area (Å²) in [5.41, 5.74) is 11.1. The molecule has 0 saturated carbocycles. The number of benzene rings is 8. The number of piperazine rings is 1. The number of nitrogens with one attached hydrogen (secondary N) is 9. The fraction of sp³-hybridized carbons (Fsp3) is 0.207. The van der Waals surface area contributed by atoms with Crippen LogP contribution < -0.4 is 26.6 Å². The number of halogens is 5. The highest BCUT2D eigenvalue weighted by Gasteiger charge is 2.27. The van der Waals surface area contributed by atoms with E-state index < -0.39 is 17.6 Å². The molecule has 638 valence electrons. The summed E-state index contributed by atoms with van der Waals surface area (Å²) in [6.07, 6.45) is 9.17. The van der Waals surface area contributed by atoms with Gasteiger partial charge in [-0.3, -0.25) is 67.9 Å². The molecule has 12 aromatic rings. The third-order valence-electron chi connectivity index (χ3n) is 20.6. The summed E-state index contributed by atoms with van der Waals surface area (Å²) in [6.45, 7) is 15.7. The zero-order chi connectivity index (χ0) is 89.7. The summed E-state index contributed by atoms with van der Waals surface area (Å²) < 4.78 is 19.2. The Morgan fingerprint density at radius 1 is 0.392 bits per heavy atom. The molecule has 28 nitrogen and oxygen atoms in total. The Balaban J connectivity index is 0.000000162. The Bertz CT molecular complexity index is 5920. The molecule has 2 saturated heterocycles. The molecule has 14 rings (SSSR count). The summed E-state index contributed by atoms with van der Waals surface area (Å²) in [5.74, 6) is -1.78. The van der Waals surface area contributed by atoms with Crippen LogP contribution in [0.5, 0.6) is 0 Å². The molecule has 125 heavy (non-hydrogen) atoms.